The zero-order valence-electron chi connectivity index (χ0n) is 18.2. The second kappa shape index (κ2) is 9.31. The van der Waals surface area contributed by atoms with Crippen LogP contribution >= 0.6 is 0 Å². The number of carbonyl (C=O) groups excluding carboxylic acids is 1. The van der Waals surface area contributed by atoms with Crippen LogP contribution in [0.5, 0.6) is 5.75 Å². The Bertz CT molecular complexity index is 1000. The van der Waals surface area contributed by atoms with Crippen molar-refractivity contribution in [2.24, 2.45) is 5.41 Å². The van der Waals surface area contributed by atoms with E-state index < -0.39 is 5.41 Å². The largest absolute Gasteiger partial charge is 0.497 e. The highest BCUT2D eigenvalue weighted by atomic mass is 16.5. The second-order valence-corrected chi connectivity index (χ2v) is 8.28. The molecule has 5 heteroatoms. The second-order valence-electron chi connectivity index (χ2n) is 8.28. The molecule has 1 aliphatic rings. The predicted octanol–water partition coefficient (Wildman–Crippen LogP) is 3.94. The van der Waals surface area contributed by atoms with Crippen molar-refractivity contribution in [2.45, 2.75) is 19.4 Å². The highest BCUT2D eigenvalue weighted by molar-refractivity contribution is 5.83. The van der Waals surface area contributed by atoms with Gasteiger partial charge in [-0.15, -0.1) is 0 Å². The summed E-state index contributed by atoms with van der Waals surface area (Å²) in [4.78, 5) is 19.4. The third kappa shape index (κ3) is 4.78. The first kappa shape index (κ1) is 21.1. The molecular formula is C26H29N3O2. The van der Waals surface area contributed by atoms with Gasteiger partial charge in [0.15, 0.2) is 0 Å². The Morgan fingerprint density at radius 3 is 2.29 bits per heavy atom. The first-order valence-electron chi connectivity index (χ1n) is 10.7. The van der Waals surface area contributed by atoms with Gasteiger partial charge in [0, 0.05) is 32.5 Å². The third-order valence-electron chi connectivity index (χ3n) is 6.22. The number of hydrogen-bond acceptors (Lipinski definition) is 4. The predicted molar refractivity (Wildman–Crippen MR) is 123 cm³/mol. The van der Waals surface area contributed by atoms with Gasteiger partial charge in [-0.1, -0.05) is 36.4 Å². The van der Waals surface area contributed by atoms with E-state index in [4.69, 9.17) is 4.74 Å². The lowest BCUT2D eigenvalue weighted by atomic mass is 9.79. The SMILES string of the molecule is CNC(=O)[C@]1(Cc2ccc(-c3ccncc3)cc2)CCN(Cc2ccc(OC)cc2)C1. The molecule has 3 aromatic rings. The summed E-state index contributed by atoms with van der Waals surface area (Å²) in [6.07, 6.45) is 5.21. The molecule has 0 saturated carbocycles. The van der Waals surface area contributed by atoms with Crippen LogP contribution in [0, 0.1) is 5.41 Å². The van der Waals surface area contributed by atoms with Crippen molar-refractivity contribution in [1.29, 1.82) is 0 Å². The van der Waals surface area contributed by atoms with Crippen LogP contribution in [-0.4, -0.2) is 43.0 Å². The summed E-state index contributed by atoms with van der Waals surface area (Å²) in [6.45, 7) is 2.50. The van der Waals surface area contributed by atoms with Crippen molar-refractivity contribution in [3.05, 3.63) is 84.2 Å². The smallest absolute Gasteiger partial charge is 0.227 e. The number of benzene rings is 2. The zero-order chi connectivity index (χ0) is 21.7. The van der Waals surface area contributed by atoms with Gasteiger partial charge in [0.05, 0.1) is 12.5 Å². The maximum Gasteiger partial charge on any atom is 0.227 e. The molecule has 5 nitrogen and oxygen atoms in total. The van der Waals surface area contributed by atoms with Crippen LogP contribution in [0.2, 0.25) is 0 Å². The minimum Gasteiger partial charge on any atom is -0.497 e. The highest BCUT2D eigenvalue weighted by Gasteiger charge is 2.44. The van der Waals surface area contributed by atoms with Crippen LogP contribution in [0.3, 0.4) is 0 Å². The number of methoxy groups -OCH3 is 1. The molecule has 0 aliphatic carbocycles. The first-order chi connectivity index (χ1) is 15.1. The summed E-state index contributed by atoms with van der Waals surface area (Å²) in [7, 11) is 3.42. The molecule has 31 heavy (non-hydrogen) atoms. The molecule has 2 aromatic carbocycles. The molecule has 1 saturated heterocycles. The Hall–Kier alpha value is -3.18. The van der Waals surface area contributed by atoms with E-state index in [0.29, 0.717) is 0 Å². The van der Waals surface area contributed by atoms with E-state index in [1.807, 2.05) is 24.3 Å². The fraction of sp³-hybridized carbons (Fsp3) is 0.308. The van der Waals surface area contributed by atoms with Gasteiger partial charge in [0.25, 0.3) is 0 Å². The van der Waals surface area contributed by atoms with Crippen LogP contribution in [0.15, 0.2) is 73.1 Å². The highest BCUT2D eigenvalue weighted by Crippen LogP contribution is 2.36. The van der Waals surface area contributed by atoms with Gasteiger partial charge < -0.3 is 10.1 Å². The molecule has 4 rings (SSSR count). The molecule has 160 valence electrons. The lowest BCUT2D eigenvalue weighted by Crippen LogP contribution is -2.43. The minimum absolute atomic E-state index is 0.128. The van der Waals surface area contributed by atoms with Gasteiger partial charge in [0.1, 0.15) is 5.75 Å². The van der Waals surface area contributed by atoms with Gasteiger partial charge in [-0.05, 0) is 65.9 Å². The minimum atomic E-state index is -0.403. The van der Waals surface area contributed by atoms with Gasteiger partial charge >= 0.3 is 0 Å². The van der Waals surface area contributed by atoms with E-state index in [1.54, 1.807) is 26.6 Å². The Morgan fingerprint density at radius 1 is 1.00 bits per heavy atom. The third-order valence-corrected chi connectivity index (χ3v) is 6.22. The molecule has 1 fully saturated rings. The number of likely N-dealkylation sites (tertiary alicyclic amines) is 1. The van der Waals surface area contributed by atoms with E-state index in [2.05, 4.69) is 51.6 Å². The number of aromatic nitrogens is 1. The van der Waals surface area contributed by atoms with E-state index >= 15 is 0 Å². The van der Waals surface area contributed by atoms with E-state index in [9.17, 15) is 4.79 Å². The lowest BCUT2D eigenvalue weighted by Gasteiger charge is -2.28. The van der Waals surface area contributed by atoms with Crippen molar-refractivity contribution < 1.29 is 9.53 Å². The van der Waals surface area contributed by atoms with Crippen molar-refractivity contribution in [3.63, 3.8) is 0 Å². The van der Waals surface area contributed by atoms with Crippen LogP contribution < -0.4 is 10.1 Å². The maximum absolute atomic E-state index is 12.9. The first-order valence-corrected chi connectivity index (χ1v) is 10.7. The quantitative estimate of drug-likeness (QED) is 0.635. The van der Waals surface area contributed by atoms with Gasteiger partial charge in [-0.3, -0.25) is 14.7 Å². The average molecular weight is 416 g/mol. The van der Waals surface area contributed by atoms with Crippen molar-refractivity contribution >= 4 is 5.91 Å². The van der Waals surface area contributed by atoms with Crippen molar-refractivity contribution in [1.82, 2.24) is 15.2 Å². The van der Waals surface area contributed by atoms with Crippen LogP contribution in [0.4, 0.5) is 0 Å². The fourth-order valence-electron chi connectivity index (χ4n) is 4.51. The van der Waals surface area contributed by atoms with Crippen LogP contribution in [0.1, 0.15) is 17.5 Å². The molecule has 1 aliphatic heterocycles. The van der Waals surface area contributed by atoms with E-state index in [-0.39, 0.29) is 5.91 Å². The molecule has 0 unspecified atom stereocenters. The Labute approximate surface area is 184 Å². The number of amides is 1. The van der Waals surface area contributed by atoms with Crippen LogP contribution in [0.25, 0.3) is 11.1 Å². The molecule has 1 atom stereocenters. The molecule has 0 radical (unpaired) electrons. The Morgan fingerprint density at radius 2 is 1.65 bits per heavy atom. The van der Waals surface area contributed by atoms with Gasteiger partial charge in [-0.25, -0.2) is 0 Å². The Kier molecular flexibility index (Phi) is 6.33. The summed E-state index contributed by atoms with van der Waals surface area (Å²) in [5.74, 6) is 0.989. The lowest BCUT2D eigenvalue weighted by molar-refractivity contribution is -0.130. The summed E-state index contributed by atoms with van der Waals surface area (Å²) < 4.78 is 5.25. The average Bonchev–Trinajstić information content (AvgIpc) is 3.23. The van der Waals surface area contributed by atoms with E-state index in [0.717, 1.165) is 49.4 Å². The molecule has 0 spiro atoms. The topological polar surface area (TPSA) is 54.5 Å². The molecular weight excluding hydrogens is 386 g/mol. The summed E-state index contributed by atoms with van der Waals surface area (Å²) >= 11 is 0. The number of hydrogen-bond donors (Lipinski definition) is 1. The Balaban J connectivity index is 1.47. The molecule has 1 N–H and O–H groups in total. The zero-order valence-corrected chi connectivity index (χ0v) is 18.2. The normalized spacial score (nSPS) is 18.6. The van der Waals surface area contributed by atoms with Crippen molar-refractivity contribution in [3.8, 4) is 16.9 Å². The van der Waals surface area contributed by atoms with Gasteiger partial charge in [0.2, 0.25) is 5.91 Å². The standard InChI is InChI=1S/C26H29N3O2/c1-27-25(30)26(13-16-29(19-26)18-21-5-9-24(31-2)10-6-21)17-20-3-7-22(8-4-20)23-11-14-28-15-12-23/h3-12,14-15H,13,16-19H2,1-2H3,(H,27,30)/t26-/m0/s1. The summed E-state index contributed by atoms with van der Waals surface area (Å²) in [5.41, 5.74) is 4.32. The number of nitrogens with zero attached hydrogens (tertiary/aromatic N) is 2. The molecule has 1 aromatic heterocycles. The number of nitrogens with one attached hydrogen (secondary N) is 1. The number of ether oxygens (including phenoxy) is 1. The number of carbonyl (C=O) groups is 1. The molecule has 2 heterocycles. The van der Waals surface area contributed by atoms with Crippen LogP contribution in [-0.2, 0) is 17.8 Å². The number of pyridine rings is 1. The van der Waals surface area contributed by atoms with Gasteiger partial charge in [-0.2, -0.15) is 0 Å². The van der Waals surface area contributed by atoms with E-state index in [1.165, 1.54) is 11.1 Å². The molecule has 0 bridgehead atoms. The number of rotatable bonds is 7. The summed E-state index contributed by atoms with van der Waals surface area (Å²) in [6, 6.07) is 20.7. The summed E-state index contributed by atoms with van der Waals surface area (Å²) in [5, 5.41) is 2.92. The monoisotopic (exact) mass is 415 g/mol. The fourth-order valence-corrected chi connectivity index (χ4v) is 4.51. The maximum atomic E-state index is 12.9. The van der Waals surface area contributed by atoms with Crippen molar-refractivity contribution in [2.75, 3.05) is 27.2 Å². The molecule has 1 amide bonds.